The average molecular weight is 328 g/mol. The van der Waals surface area contributed by atoms with Crippen molar-refractivity contribution in [1.82, 2.24) is 0 Å². The minimum absolute atomic E-state index is 0.281. The maximum absolute atomic E-state index is 10.8. The van der Waals surface area contributed by atoms with Crippen LogP contribution in [0.5, 0.6) is 11.5 Å². The van der Waals surface area contributed by atoms with Crippen molar-refractivity contribution in [3.05, 3.63) is 23.3 Å². The summed E-state index contributed by atoms with van der Waals surface area (Å²) in [4.78, 5) is 0. The van der Waals surface area contributed by atoms with Crippen molar-refractivity contribution in [3.63, 3.8) is 0 Å². The smallest absolute Gasteiger partial charge is 0.127 e. The van der Waals surface area contributed by atoms with Crippen LogP contribution in [-0.2, 0) is 6.42 Å². The molecule has 0 aromatic heterocycles. The molecule has 4 rings (SSSR count). The maximum Gasteiger partial charge on any atom is 0.127 e. The number of aryl methyl sites for hydroxylation is 1. The quantitative estimate of drug-likeness (QED) is 0.721. The van der Waals surface area contributed by atoms with Crippen molar-refractivity contribution in [1.29, 1.82) is 0 Å². The van der Waals surface area contributed by atoms with E-state index in [-0.39, 0.29) is 5.41 Å². The Morgan fingerprint density at radius 3 is 2.75 bits per heavy atom. The summed E-state index contributed by atoms with van der Waals surface area (Å²) in [5.41, 5.74) is 2.61. The molecule has 0 radical (unpaired) electrons. The highest BCUT2D eigenvalue weighted by molar-refractivity contribution is 5.54. The summed E-state index contributed by atoms with van der Waals surface area (Å²) in [6, 6.07) is 4.24. The van der Waals surface area contributed by atoms with Gasteiger partial charge in [-0.2, -0.15) is 0 Å². The number of phenols is 1. The van der Waals surface area contributed by atoms with Gasteiger partial charge in [0.2, 0.25) is 0 Å². The van der Waals surface area contributed by atoms with Gasteiger partial charge in [0.05, 0.1) is 0 Å². The lowest BCUT2D eigenvalue weighted by molar-refractivity contribution is -0.161. The van der Waals surface area contributed by atoms with Gasteiger partial charge in [0.1, 0.15) is 17.6 Å². The second-order valence-corrected chi connectivity index (χ2v) is 9.10. The molecule has 0 spiro atoms. The number of rotatable bonds is 4. The van der Waals surface area contributed by atoms with Crippen molar-refractivity contribution in [2.75, 3.05) is 0 Å². The largest absolute Gasteiger partial charge is 0.508 e. The number of hydrogen-bond acceptors (Lipinski definition) is 2. The molecule has 1 aliphatic heterocycles. The third-order valence-electron chi connectivity index (χ3n) is 7.30. The van der Waals surface area contributed by atoms with E-state index in [0.29, 0.717) is 29.6 Å². The number of ether oxygens (including phenoxy) is 1. The number of fused-ring (bicyclic) bond motifs is 2. The van der Waals surface area contributed by atoms with Crippen LogP contribution in [0.4, 0.5) is 0 Å². The molecule has 1 N–H and O–H groups in total. The SMILES string of the molecule is CCCCCc1cc(O)c2c(c1)OC1C3C(CC[C@H]1C)C(C)(C)C23. The Hall–Kier alpha value is -1.18. The van der Waals surface area contributed by atoms with Crippen LogP contribution in [0, 0.1) is 23.2 Å². The van der Waals surface area contributed by atoms with Crippen molar-refractivity contribution in [3.8, 4) is 11.5 Å². The van der Waals surface area contributed by atoms with Gasteiger partial charge in [-0.1, -0.05) is 40.5 Å². The van der Waals surface area contributed by atoms with Gasteiger partial charge in [-0.3, -0.25) is 0 Å². The first-order valence-corrected chi connectivity index (χ1v) is 9.97. The first-order valence-electron chi connectivity index (χ1n) is 9.97. The minimum atomic E-state index is 0.281. The van der Waals surface area contributed by atoms with E-state index < -0.39 is 0 Å². The monoisotopic (exact) mass is 328 g/mol. The van der Waals surface area contributed by atoms with E-state index in [9.17, 15) is 5.11 Å². The number of benzene rings is 1. The van der Waals surface area contributed by atoms with E-state index in [1.165, 1.54) is 37.7 Å². The number of phenolic OH excluding ortho intramolecular Hbond substituents is 1. The van der Waals surface area contributed by atoms with Gasteiger partial charge in [-0.25, -0.2) is 0 Å². The Morgan fingerprint density at radius 2 is 2.00 bits per heavy atom. The molecule has 0 bridgehead atoms. The zero-order valence-corrected chi connectivity index (χ0v) is 15.6. The van der Waals surface area contributed by atoms with E-state index in [1.807, 2.05) is 6.07 Å². The lowest BCUT2D eigenvalue weighted by atomic mass is 9.41. The molecular weight excluding hydrogens is 296 g/mol. The highest BCUT2D eigenvalue weighted by Gasteiger charge is 2.64. The fraction of sp³-hybridized carbons (Fsp3) is 0.727. The Balaban J connectivity index is 1.70. The summed E-state index contributed by atoms with van der Waals surface area (Å²) in [6.07, 6.45) is 7.65. The molecule has 2 aliphatic carbocycles. The zero-order chi connectivity index (χ0) is 17.1. The number of unbranched alkanes of at least 4 members (excludes halogenated alkanes) is 2. The van der Waals surface area contributed by atoms with Crippen LogP contribution in [-0.4, -0.2) is 11.2 Å². The molecule has 1 aromatic carbocycles. The Labute approximate surface area is 146 Å². The summed E-state index contributed by atoms with van der Waals surface area (Å²) >= 11 is 0. The van der Waals surface area contributed by atoms with Crippen molar-refractivity contribution in [2.45, 2.75) is 78.2 Å². The summed E-state index contributed by atoms with van der Waals surface area (Å²) < 4.78 is 6.51. The predicted molar refractivity (Wildman–Crippen MR) is 97.7 cm³/mol. The van der Waals surface area contributed by atoms with Crippen molar-refractivity contribution >= 4 is 0 Å². The summed E-state index contributed by atoms with van der Waals surface area (Å²) in [5.74, 6) is 3.90. The predicted octanol–water partition coefficient (Wildman–Crippen LogP) is 5.67. The fourth-order valence-electron chi connectivity index (χ4n) is 6.01. The molecule has 4 unspecified atom stereocenters. The third kappa shape index (κ3) is 2.21. The first-order chi connectivity index (χ1) is 11.4. The summed E-state index contributed by atoms with van der Waals surface area (Å²) in [7, 11) is 0. The second kappa shape index (κ2) is 5.68. The standard InChI is InChI=1S/C22H32O2/c1-5-6-7-8-14-11-16(23)19-17(12-14)24-21-13(2)9-10-15-18(21)20(19)22(15,3)4/h11-13,15,18,20-21,23H,5-10H2,1-4H3/t13-,15?,18?,20?,21?/m1/s1. The van der Waals surface area contributed by atoms with Gasteiger partial charge in [-0.15, -0.1) is 0 Å². The Bertz CT molecular complexity index is 633. The molecular formula is C22H32O2. The minimum Gasteiger partial charge on any atom is -0.508 e. The highest BCUT2D eigenvalue weighted by Crippen LogP contribution is 2.70. The van der Waals surface area contributed by atoms with E-state index in [1.54, 1.807) is 0 Å². The average Bonchev–Trinajstić information content (AvgIpc) is 2.54. The molecule has 24 heavy (non-hydrogen) atoms. The highest BCUT2D eigenvalue weighted by atomic mass is 16.5. The van der Waals surface area contributed by atoms with E-state index >= 15 is 0 Å². The molecule has 0 saturated heterocycles. The van der Waals surface area contributed by atoms with Crippen LogP contribution < -0.4 is 4.74 Å². The topological polar surface area (TPSA) is 29.5 Å². The van der Waals surface area contributed by atoms with Gasteiger partial charge in [0.25, 0.3) is 0 Å². The van der Waals surface area contributed by atoms with Gasteiger partial charge < -0.3 is 9.84 Å². The van der Waals surface area contributed by atoms with Crippen LogP contribution in [0.1, 0.15) is 76.8 Å². The molecule has 132 valence electrons. The molecule has 1 aromatic rings. The third-order valence-corrected chi connectivity index (χ3v) is 7.30. The van der Waals surface area contributed by atoms with Gasteiger partial charge in [-0.05, 0) is 60.6 Å². The van der Waals surface area contributed by atoms with Gasteiger partial charge in [0.15, 0.2) is 0 Å². The van der Waals surface area contributed by atoms with E-state index in [0.717, 1.165) is 23.7 Å². The van der Waals surface area contributed by atoms with Crippen molar-refractivity contribution < 1.29 is 9.84 Å². The molecule has 5 atom stereocenters. The van der Waals surface area contributed by atoms with Crippen LogP contribution in [0.15, 0.2) is 12.1 Å². The normalized spacial score (nSPS) is 35.4. The first kappa shape index (κ1) is 16.3. The molecule has 2 heteroatoms. The maximum atomic E-state index is 10.8. The molecule has 2 nitrogen and oxygen atoms in total. The van der Waals surface area contributed by atoms with Crippen LogP contribution in [0.3, 0.4) is 0 Å². The zero-order valence-electron chi connectivity index (χ0n) is 15.6. The summed E-state index contributed by atoms with van der Waals surface area (Å²) in [5, 5.41) is 10.8. The molecule has 3 aliphatic rings. The van der Waals surface area contributed by atoms with Gasteiger partial charge in [0, 0.05) is 17.4 Å². The van der Waals surface area contributed by atoms with Gasteiger partial charge >= 0.3 is 0 Å². The lowest BCUT2D eigenvalue weighted by Crippen LogP contribution is -2.63. The van der Waals surface area contributed by atoms with Crippen LogP contribution in [0.2, 0.25) is 0 Å². The van der Waals surface area contributed by atoms with Crippen molar-refractivity contribution in [2.24, 2.45) is 23.2 Å². The molecule has 0 amide bonds. The van der Waals surface area contributed by atoms with E-state index in [2.05, 4.69) is 33.8 Å². The van der Waals surface area contributed by atoms with Crippen LogP contribution >= 0.6 is 0 Å². The van der Waals surface area contributed by atoms with E-state index in [4.69, 9.17) is 4.74 Å². The summed E-state index contributed by atoms with van der Waals surface area (Å²) in [6.45, 7) is 9.37. The fourth-order valence-corrected chi connectivity index (χ4v) is 6.01. The Kier molecular flexibility index (Phi) is 3.85. The second-order valence-electron chi connectivity index (χ2n) is 9.10. The Morgan fingerprint density at radius 1 is 1.21 bits per heavy atom. The number of hydrogen-bond donors (Lipinski definition) is 1. The lowest BCUT2D eigenvalue weighted by Gasteiger charge is -2.66. The molecule has 2 fully saturated rings. The molecule has 2 saturated carbocycles. The molecule has 1 heterocycles. The number of aromatic hydroxyl groups is 1. The van der Waals surface area contributed by atoms with Crippen LogP contribution in [0.25, 0.3) is 0 Å².